The van der Waals surface area contributed by atoms with Gasteiger partial charge in [0.1, 0.15) is 18.3 Å². The summed E-state index contributed by atoms with van der Waals surface area (Å²) < 4.78 is 19.0. The monoisotopic (exact) mass is 608 g/mol. The number of carboxylic acids is 1. The van der Waals surface area contributed by atoms with E-state index in [1.807, 2.05) is 0 Å². The van der Waals surface area contributed by atoms with E-state index >= 15 is 0 Å². The van der Waals surface area contributed by atoms with E-state index in [0.29, 0.717) is 54.3 Å². The number of carboxylic acid groups (broad SMARTS) is 1. The van der Waals surface area contributed by atoms with Gasteiger partial charge in [-0.2, -0.15) is 0 Å². The van der Waals surface area contributed by atoms with Gasteiger partial charge in [0.05, 0.1) is 12.7 Å². The van der Waals surface area contributed by atoms with Crippen molar-refractivity contribution in [2.45, 2.75) is 134 Å². The number of aliphatic hydroxyl groups is 4. The third kappa shape index (κ3) is 4.97. The molecule has 10 nitrogen and oxygen atoms in total. The van der Waals surface area contributed by atoms with Crippen LogP contribution in [0, 0.1) is 52.3 Å². The summed E-state index contributed by atoms with van der Waals surface area (Å²) in [6, 6.07) is 0. The molecule has 0 aromatic carbocycles. The Morgan fingerprint density at radius 2 is 1.53 bits per heavy atom. The number of ether oxygens (including phenoxy) is 3. The zero-order chi connectivity index (χ0) is 31.1. The summed E-state index contributed by atoms with van der Waals surface area (Å²) in [5, 5.41) is 48.5. The molecule has 0 amide bonds. The molecule has 6 aliphatic rings. The first-order valence-corrected chi connectivity index (χ1v) is 16.7. The highest BCUT2D eigenvalue weighted by atomic mass is 16.7. The van der Waals surface area contributed by atoms with Crippen molar-refractivity contribution in [1.82, 2.24) is 0 Å². The Balaban J connectivity index is 1.09. The topological polar surface area (TPSA) is 163 Å². The van der Waals surface area contributed by atoms with Gasteiger partial charge >= 0.3 is 11.9 Å². The standard InChI is InChI=1S/C33H52O10/c1-16-7-12-33(41-15-16)17(2)24-23(43-33)14-22-20-6-5-18-13-19(8-10-31(18,3)21(20)9-11-32(22,24)4)42-30(40)28(37)26(35)25(34)27(36)29(38)39/h16-28,34-37H,5-15H2,1-4H3,(H,38,39)/t16-,17+,18+,19+,20-,21+,22+,23+,24+,25+,26+,27+,28-,31+,32+,33-/m1/s1. The van der Waals surface area contributed by atoms with Gasteiger partial charge < -0.3 is 39.7 Å². The van der Waals surface area contributed by atoms with Gasteiger partial charge in [-0.1, -0.05) is 27.7 Å². The second kappa shape index (κ2) is 11.2. The molecule has 16 atom stereocenters. The smallest absolute Gasteiger partial charge is 0.338 e. The maximum atomic E-state index is 12.6. The Labute approximate surface area is 254 Å². The van der Waals surface area contributed by atoms with Crippen molar-refractivity contribution in [3.63, 3.8) is 0 Å². The van der Waals surface area contributed by atoms with Crippen molar-refractivity contribution >= 4 is 11.9 Å². The molecule has 0 aromatic heterocycles. The number of aliphatic hydroxyl groups excluding tert-OH is 4. The predicted molar refractivity (Wildman–Crippen MR) is 153 cm³/mol. The fraction of sp³-hybridized carbons (Fsp3) is 0.939. The van der Waals surface area contributed by atoms with Gasteiger partial charge in [0.2, 0.25) is 0 Å². The highest BCUT2D eigenvalue weighted by Gasteiger charge is 2.69. The van der Waals surface area contributed by atoms with Crippen molar-refractivity contribution < 1.29 is 49.3 Å². The first-order chi connectivity index (χ1) is 20.2. The third-order valence-corrected chi connectivity index (χ3v) is 13.7. The van der Waals surface area contributed by atoms with E-state index in [-0.39, 0.29) is 16.9 Å². The lowest BCUT2D eigenvalue weighted by molar-refractivity contribution is -0.273. The van der Waals surface area contributed by atoms with Crippen molar-refractivity contribution in [2.75, 3.05) is 6.61 Å². The lowest BCUT2D eigenvalue weighted by Gasteiger charge is -2.61. The molecule has 2 saturated heterocycles. The number of rotatable bonds is 6. The first-order valence-electron chi connectivity index (χ1n) is 16.7. The van der Waals surface area contributed by atoms with Gasteiger partial charge in [0, 0.05) is 12.3 Å². The molecule has 2 aliphatic heterocycles. The van der Waals surface area contributed by atoms with E-state index in [4.69, 9.17) is 19.3 Å². The summed E-state index contributed by atoms with van der Waals surface area (Å²) in [6.07, 6.45) is 1.10. The molecule has 43 heavy (non-hydrogen) atoms. The molecule has 4 aliphatic carbocycles. The zero-order valence-corrected chi connectivity index (χ0v) is 26.1. The number of aliphatic carboxylic acids is 1. The largest absolute Gasteiger partial charge is 0.479 e. The number of fused-ring (bicyclic) bond motifs is 7. The molecule has 0 aromatic rings. The van der Waals surface area contributed by atoms with Crippen LogP contribution in [0.1, 0.15) is 91.9 Å². The van der Waals surface area contributed by atoms with Crippen LogP contribution in [0.5, 0.6) is 0 Å². The van der Waals surface area contributed by atoms with Crippen LogP contribution in [0.15, 0.2) is 0 Å². The second-order valence-corrected chi connectivity index (χ2v) is 15.7. The predicted octanol–water partition coefficient (Wildman–Crippen LogP) is 2.87. The van der Waals surface area contributed by atoms with Crippen molar-refractivity contribution in [3.05, 3.63) is 0 Å². The molecule has 4 saturated carbocycles. The lowest BCUT2D eigenvalue weighted by Crippen LogP contribution is -2.55. The minimum atomic E-state index is -2.33. The molecule has 0 unspecified atom stereocenters. The van der Waals surface area contributed by atoms with Crippen LogP contribution in [0.3, 0.4) is 0 Å². The van der Waals surface area contributed by atoms with Gasteiger partial charge in [-0.05, 0) is 104 Å². The van der Waals surface area contributed by atoms with E-state index < -0.39 is 48.2 Å². The highest BCUT2D eigenvalue weighted by Crippen LogP contribution is 2.71. The molecule has 6 fully saturated rings. The average Bonchev–Trinajstić information content (AvgIpc) is 3.42. The Hall–Kier alpha value is -1.30. The maximum Gasteiger partial charge on any atom is 0.338 e. The lowest BCUT2D eigenvalue weighted by atomic mass is 9.44. The van der Waals surface area contributed by atoms with Gasteiger partial charge in [0.25, 0.3) is 0 Å². The molecule has 2 heterocycles. The van der Waals surface area contributed by atoms with Gasteiger partial charge in [-0.3, -0.25) is 0 Å². The average molecular weight is 609 g/mol. The minimum absolute atomic E-state index is 0.140. The molecule has 0 radical (unpaired) electrons. The molecule has 244 valence electrons. The minimum Gasteiger partial charge on any atom is -0.479 e. The van der Waals surface area contributed by atoms with Crippen LogP contribution < -0.4 is 0 Å². The summed E-state index contributed by atoms with van der Waals surface area (Å²) in [5.41, 5.74) is 0.397. The van der Waals surface area contributed by atoms with E-state index in [1.165, 1.54) is 19.3 Å². The molecular weight excluding hydrogens is 556 g/mol. The number of hydrogen-bond donors (Lipinski definition) is 5. The van der Waals surface area contributed by atoms with Crippen LogP contribution in [-0.2, 0) is 23.8 Å². The van der Waals surface area contributed by atoms with Crippen molar-refractivity contribution in [1.29, 1.82) is 0 Å². The third-order valence-electron chi connectivity index (χ3n) is 13.7. The van der Waals surface area contributed by atoms with Crippen LogP contribution in [0.25, 0.3) is 0 Å². The van der Waals surface area contributed by atoms with Crippen LogP contribution in [-0.4, -0.2) is 86.5 Å². The number of esters is 1. The molecule has 1 spiro atoms. The van der Waals surface area contributed by atoms with Crippen molar-refractivity contribution in [3.8, 4) is 0 Å². The molecule has 10 heteroatoms. The molecule has 5 N–H and O–H groups in total. The Morgan fingerprint density at radius 3 is 2.21 bits per heavy atom. The van der Waals surface area contributed by atoms with Crippen molar-refractivity contribution in [2.24, 2.45) is 52.3 Å². The number of carbonyl (C=O) groups is 2. The van der Waals surface area contributed by atoms with Gasteiger partial charge in [-0.15, -0.1) is 0 Å². The summed E-state index contributed by atoms with van der Waals surface area (Å²) >= 11 is 0. The Morgan fingerprint density at radius 1 is 0.837 bits per heavy atom. The fourth-order valence-electron chi connectivity index (χ4n) is 11.2. The van der Waals surface area contributed by atoms with Crippen LogP contribution >= 0.6 is 0 Å². The molecule has 6 rings (SSSR count). The van der Waals surface area contributed by atoms with E-state index in [0.717, 1.165) is 38.7 Å². The highest BCUT2D eigenvalue weighted by molar-refractivity contribution is 5.76. The summed E-state index contributed by atoms with van der Waals surface area (Å²) in [6.45, 7) is 10.4. The van der Waals surface area contributed by atoms with Crippen LogP contribution in [0.2, 0.25) is 0 Å². The molecular formula is C33H52O10. The normalized spacial score (nSPS) is 50.0. The SMILES string of the molecule is C[C@@H]1CC[C@@]2(OC1)O[C@H]1C[C@H]3[C@@H]4CC[C@H]5C[C@@H](OC(=O)[C@H](O)[C@@H](O)[C@H](O)[C@H](O)C(=O)O)CC[C@]5(C)[C@H]4CC[C@]3(C)[C@H]1[C@@H]2C. The quantitative estimate of drug-likeness (QED) is 0.283. The fourth-order valence-corrected chi connectivity index (χ4v) is 11.2. The van der Waals surface area contributed by atoms with Gasteiger partial charge in [0.15, 0.2) is 18.0 Å². The summed E-state index contributed by atoms with van der Waals surface area (Å²) in [4.78, 5) is 23.5. The van der Waals surface area contributed by atoms with E-state index in [9.17, 15) is 30.0 Å². The second-order valence-electron chi connectivity index (χ2n) is 15.7. The number of hydrogen-bond acceptors (Lipinski definition) is 9. The zero-order valence-electron chi connectivity index (χ0n) is 26.1. The summed E-state index contributed by atoms with van der Waals surface area (Å²) in [7, 11) is 0. The van der Waals surface area contributed by atoms with E-state index in [2.05, 4.69) is 27.7 Å². The Kier molecular flexibility index (Phi) is 8.25. The van der Waals surface area contributed by atoms with E-state index in [1.54, 1.807) is 0 Å². The summed E-state index contributed by atoms with van der Waals surface area (Å²) in [5.74, 6) is 0.530. The molecule has 0 bridgehead atoms. The maximum absolute atomic E-state index is 12.6. The number of carbonyl (C=O) groups excluding carboxylic acids is 1. The van der Waals surface area contributed by atoms with Gasteiger partial charge in [-0.25, -0.2) is 9.59 Å². The van der Waals surface area contributed by atoms with Crippen LogP contribution in [0.4, 0.5) is 0 Å². The Bertz CT molecular complexity index is 1070. The first kappa shape index (κ1) is 31.7.